The third kappa shape index (κ3) is 5.07. The molecule has 0 heterocycles. The topological polar surface area (TPSA) is 66.4 Å². The molecule has 0 radical (unpaired) electrons. The predicted octanol–water partition coefficient (Wildman–Crippen LogP) is 2.13. The maximum Gasteiger partial charge on any atom is 0.233 e. The highest BCUT2D eigenvalue weighted by molar-refractivity contribution is 7.92. The highest BCUT2D eigenvalue weighted by atomic mass is 32.2. The van der Waals surface area contributed by atoms with E-state index in [1.807, 2.05) is 13.0 Å². The Balaban J connectivity index is 2.14. The van der Waals surface area contributed by atoms with Crippen molar-refractivity contribution in [3.63, 3.8) is 0 Å². The van der Waals surface area contributed by atoms with Crippen LogP contribution in [-0.2, 0) is 16.4 Å². The molecule has 0 spiro atoms. The number of nitrogens with one attached hydrogen (secondary N) is 1. The zero-order valence-corrected chi connectivity index (χ0v) is 13.0. The largest absolute Gasteiger partial charge is 0.395 e. The van der Waals surface area contributed by atoms with Crippen molar-refractivity contribution in [1.82, 2.24) is 0 Å². The Labute approximate surface area is 126 Å². The average molecular weight is 307 g/mol. The molecule has 0 aliphatic heterocycles. The molecule has 1 aromatic carbocycles. The number of rotatable bonds is 6. The van der Waals surface area contributed by atoms with Crippen molar-refractivity contribution in [2.24, 2.45) is 5.92 Å². The number of anilines is 1. The molecule has 1 aromatic rings. The quantitative estimate of drug-likeness (QED) is 0.791. The highest BCUT2D eigenvalue weighted by Crippen LogP contribution is 2.31. The summed E-state index contributed by atoms with van der Waals surface area (Å²) in [5.74, 6) is 6.38. The fraction of sp³-hybridized carbons (Fsp3) is 0.500. The number of hydrogen-bond acceptors (Lipinski definition) is 3. The Kier molecular flexibility index (Phi) is 5.27. The van der Waals surface area contributed by atoms with E-state index in [1.165, 1.54) is 0 Å². The number of benzene rings is 1. The summed E-state index contributed by atoms with van der Waals surface area (Å²) in [5.41, 5.74) is 2.42. The third-order valence-corrected chi connectivity index (χ3v) is 4.81. The molecule has 5 heteroatoms. The molecule has 0 unspecified atom stereocenters. The van der Waals surface area contributed by atoms with E-state index in [-0.39, 0.29) is 12.4 Å². The smallest absolute Gasteiger partial charge is 0.233 e. The Bertz CT molecular complexity index is 652. The number of sulfonamides is 1. The summed E-state index contributed by atoms with van der Waals surface area (Å²) < 4.78 is 26.8. The van der Waals surface area contributed by atoms with Crippen molar-refractivity contribution in [3.8, 4) is 11.8 Å². The van der Waals surface area contributed by atoms with Crippen molar-refractivity contribution in [2.75, 3.05) is 17.1 Å². The van der Waals surface area contributed by atoms with E-state index < -0.39 is 10.0 Å². The first-order valence-electron chi connectivity index (χ1n) is 7.27. The lowest BCUT2D eigenvalue weighted by Crippen LogP contribution is -2.18. The fourth-order valence-electron chi connectivity index (χ4n) is 2.09. The molecule has 4 nitrogen and oxygen atoms in total. The summed E-state index contributed by atoms with van der Waals surface area (Å²) >= 11 is 0. The van der Waals surface area contributed by atoms with Gasteiger partial charge in [0.25, 0.3) is 0 Å². The maximum absolute atomic E-state index is 12.0. The van der Waals surface area contributed by atoms with E-state index in [0.29, 0.717) is 18.0 Å². The van der Waals surface area contributed by atoms with Crippen LogP contribution in [0, 0.1) is 17.8 Å². The van der Waals surface area contributed by atoms with E-state index in [0.717, 1.165) is 30.4 Å². The Morgan fingerprint density at radius 3 is 2.76 bits per heavy atom. The number of hydrogen-bond donors (Lipinski definition) is 2. The van der Waals surface area contributed by atoms with Crippen LogP contribution in [0.2, 0.25) is 0 Å². The molecular weight excluding hydrogens is 286 g/mol. The summed E-state index contributed by atoms with van der Waals surface area (Å²) in [7, 11) is -3.26. The van der Waals surface area contributed by atoms with Crippen LogP contribution in [0.25, 0.3) is 0 Å². The van der Waals surface area contributed by atoms with Crippen LogP contribution >= 0.6 is 0 Å². The second kappa shape index (κ2) is 6.97. The monoisotopic (exact) mass is 307 g/mol. The SMILES string of the molecule is CCc1cc(C#CCCO)ccc1NS(=O)(=O)CC1CC1. The lowest BCUT2D eigenvalue weighted by molar-refractivity contribution is 0.305. The standard InChI is InChI=1S/C16H21NO3S/c1-2-15-11-13(5-3-4-10-18)8-9-16(15)17-21(19,20)12-14-6-7-14/h8-9,11,14,17-18H,2,4,6-7,10,12H2,1H3. The van der Waals surface area contributed by atoms with Gasteiger partial charge in [0.15, 0.2) is 0 Å². The van der Waals surface area contributed by atoms with Gasteiger partial charge in [0, 0.05) is 12.0 Å². The number of aryl methyl sites for hydroxylation is 1. The Morgan fingerprint density at radius 1 is 1.38 bits per heavy atom. The minimum Gasteiger partial charge on any atom is -0.395 e. The van der Waals surface area contributed by atoms with E-state index in [4.69, 9.17) is 5.11 Å². The zero-order valence-electron chi connectivity index (χ0n) is 12.2. The van der Waals surface area contributed by atoms with Crippen LogP contribution in [0.4, 0.5) is 5.69 Å². The number of aliphatic hydroxyl groups is 1. The summed E-state index contributed by atoms with van der Waals surface area (Å²) in [4.78, 5) is 0. The van der Waals surface area contributed by atoms with E-state index >= 15 is 0 Å². The van der Waals surface area contributed by atoms with Gasteiger partial charge in [-0.05, 0) is 48.9 Å². The van der Waals surface area contributed by atoms with Gasteiger partial charge in [-0.25, -0.2) is 8.42 Å². The molecular formula is C16H21NO3S. The van der Waals surface area contributed by atoms with Gasteiger partial charge in [-0.1, -0.05) is 18.8 Å². The van der Waals surface area contributed by atoms with Crippen molar-refractivity contribution < 1.29 is 13.5 Å². The molecule has 1 aliphatic carbocycles. The van der Waals surface area contributed by atoms with Crippen molar-refractivity contribution >= 4 is 15.7 Å². The summed E-state index contributed by atoms with van der Waals surface area (Å²) in [6.07, 6.45) is 3.20. The molecule has 21 heavy (non-hydrogen) atoms. The number of aliphatic hydroxyl groups excluding tert-OH is 1. The Hall–Kier alpha value is -1.51. The molecule has 0 saturated heterocycles. The van der Waals surface area contributed by atoms with Crippen LogP contribution in [0.1, 0.15) is 37.3 Å². The van der Waals surface area contributed by atoms with Gasteiger partial charge in [0.2, 0.25) is 10.0 Å². The predicted molar refractivity (Wildman–Crippen MR) is 84.5 cm³/mol. The average Bonchev–Trinajstić information content (AvgIpc) is 3.23. The summed E-state index contributed by atoms with van der Waals surface area (Å²) in [5, 5.41) is 8.71. The van der Waals surface area contributed by atoms with Crippen molar-refractivity contribution in [2.45, 2.75) is 32.6 Å². The molecule has 1 fully saturated rings. The van der Waals surface area contributed by atoms with Gasteiger partial charge in [0.05, 0.1) is 18.0 Å². The highest BCUT2D eigenvalue weighted by Gasteiger charge is 2.28. The maximum atomic E-state index is 12.0. The van der Waals surface area contributed by atoms with Crippen LogP contribution in [0.5, 0.6) is 0 Å². The molecule has 0 aromatic heterocycles. The lowest BCUT2D eigenvalue weighted by atomic mass is 10.1. The van der Waals surface area contributed by atoms with Crippen LogP contribution in [0.15, 0.2) is 18.2 Å². The molecule has 0 amide bonds. The zero-order chi connectivity index (χ0) is 15.3. The minimum absolute atomic E-state index is 0.0483. The molecule has 114 valence electrons. The first-order chi connectivity index (χ1) is 10.0. The van der Waals surface area contributed by atoms with E-state index in [1.54, 1.807) is 12.1 Å². The van der Waals surface area contributed by atoms with Gasteiger partial charge >= 0.3 is 0 Å². The minimum atomic E-state index is -3.26. The van der Waals surface area contributed by atoms with Crippen LogP contribution in [-0.4, -0.2) is 25.9 Å². The molecule has 0 bridgehead atoms. The normalized spacial score (nSPS) is 14.4. The molecule has 2 rings (SSSR count). The van der Waals surface area contributed by atoms with Gasteiger partial charge < -0.3 is 5.11 Å². The molecule has 1 saturated carbocycles. The molecule has 1 aliphatic rings. The third-order valence-electron chi connectivity index (χ3n) is 3.37. The molecule has 0 atom stereocenters. The Morgan fingerprint density at radius 2 is 2.14 bits per heavy atom. The van der Waals surface area contributed by atoms with Crippen molar-refractivity contribution in [1.29, 1.82) is 0 Å². The second-order valence-electron chi connectivity index (χ2n) is 5.33. The van der Waals surface area contributed by atoms with Crippen LogP contribution < -0.4 is 4.72 Å². The summed E-state index contributed by atoms with van der Waals surface area (Å²) in [6, 6.07) is 5.48. The van der Waals surface area contributed by atoms with E-state index in [2.05, 4.69) is 16.6 Å². The summed E-state index contributed by atoms with van der Waals surface area (Å²) in [6.45, 7) is 2.03. The first kappa shape index (κ1) is 15.9. The van der Waals surface area contributed by atoms with Gasteiger partial charge in [-0.3, -0.25) is 4.72 Å². The van der Waals surface area contributed by atoms with E-state index in [9.17, 15) is 8.42 Å². The fourth-order valence-corrected chi connectivity index (χ4v) is 3.66. The lowest BCUT2D eigenvalue weighted by Gasteiger charge is -2.12. The van der Waals surface area contributed by atoms with Gasteiger partial charge in [-0.2, -0.15) is 0 Å². The van der Waals surface area contributed by atoms with Crippen molar-refractivity contribution in [3.05, 3.63) is 29.3 Å². The molecule has 2 N–H and O–H groups in total. The van der Waals surface area contributed by atoms with Gasteiger partial charge in [0.1, 0.15) is 0 Å². The second-order valence-corrected chi connectivity index (χ2v) is 7.09. The first-order valence-corrected chi connectivity index (χ1v) is 8.92. The van der Waals surface area contributed by atoms with Gasteiger partial charge in [-0.15, -0.1) is 0 Å². The van der Waals surface area contributed by atoms with Crippen LogP contribution in [0.3, 0.4) is 0 Å².